The molecule has 1 unspecified atom stereocenters. The number of rotatable bonds is 11. The summed E-state index contributed by atoms with van der Waals surface area (Å²) in [4.78, 5) is 0. The molecule has 3 nitrogen and oxygen atoms in total. The first kappa shape index (κ1) is 23.6. The fraction of sp³-hybridized carbons (Fsp3) is 0.750. The van der Waals surface area contributed by atoms with Crippen LogP contribution < -0.4 is 4.52 Å². The van der Waals surface area contributed by atoms with Gasteiger partial charge in [-0.25, -0.2) is 0 Å². The third-order valence-corrected chi connectivity index (χ3v) is 7.44. The maximum atomic E-state index is 6.44. The van der Waals surface area contributed by atoms with Crippen molar-refractivity contribution in [2.45, 2.75) is 92.9 Å². The molecule has 4 heteroatoms. The Morgan fingerprint density at radius 2 is 1.54 bits per heavy atom. The van der Waals surface area contributed by atoms with Crippen molar-refractivity contribution in [2.24, 2.45) is 11.3 Å². The molecule has 1 fully saturated rings. The molecule has 160 valence electrons. The van der Waals surface area contributed by atoms with Crippen molar-refractivity contribution < 1.29 is 13.6 Å². The van der Waals surface area contributed by atoms with Crippen LogP contribution in [-0.2, 0) is 21.9 Å². The maximum absolute atomic E-state index is 6.44. The van der Waals surface area contributed by atoms with Gasteiger partial charge in [-0.3, -0.25) is 0 Å². The Morgan fingerprint density at radius 3 is 1.96 bits per heavy atom. The molecule has 1 aliphatic rings. The van der Waals surface area contributed by atoms with Crippen molar-refractivity contribution in [1.29, 1.82) is 0 Å². The van der Waals surface area contributed by atoms with Crippen LogP contribution in [-0.4, -0.2) is 13.2 Å². The Labute approximate surface area is 174 Å². The zero-order chi connectivity index (χ0) is 20.6. The predicted octanol–water partition coefficient (Wildman–Crippen LogP) is 7.78. The largest absolute Gasteiger partial charge is 0.426 e. The highest BCUT2D eigenvalue weighted by Crippen LogP contribution is 2.52. The third kappa shape index (κ3) is 5.94. The Kier molecular flexibility index (Phi) is 9.74. The van der Waals surface area contributed by atoms with Gasteiger partial charge in [0.25, 0.3) is 0 Å². The van der Waals surface area contributed by atoms with E-state index in [0.717, 1.165) is 44.6 Å². The summed E-state index contributed by atoms with van der Waals surface area (Å²) in [6.07, 6.45) is 9.09. The van der Waals surface area contributed by atoms with Crippen LogP contribution in [0.1, 0.15) is 89.8 Å². The molecule has 1 saturated heterocycles. The van der Waals surface area contributed by atoms with E-state index in [2.05, 4.69) is 53.7 Å². The number of benzene rings is 1. The van der Waals surface area contributed by atoms with Gasteiger partial charge in [0.15, 0.2) is 0 Å². The van der Waals surface area contributed by atoms with Crippen LogP contribution in [0.15, 0.2) is 12.1 Å². The molecule has 1 aromatic carbocycles. The zero-order valence-corrected chi connectivity index (χ0v) is 19.9. The lowest BCUT2D eigenvalue weighted by atomic mass is 9.74. The average molecular weight is 409 g/mol. The van der Waals surface area contributed by atoms with E-state index < -0.39 is 8.60 Å². The van der Waals surface area contributed by atoms with Crippen molar-refractivity contribution in [3.63, 3.8) is 0 Å². The zero-order valence-electron chi connectivity index (χ0n) is 19.0. The van der Waals surface area contributed by atoms with Crippen LogP contribution >= 0.6 is 8.60 Å². The topological polar surface area (TPSA) is 27.7 Å². The van der Waals surface area contributed by atoms with Gasteiger partial charge in [-0.2, -0.15) is 0 Å². The van der Waals surface area contributed by atoms with E-state index in [4.69, 9.17) is 13.6 Å². The molecule has 0 bridgehead atoms. The molecule has 0 amide bonds. The second kappa shape index (κ2) is 11.5. The van der Waals surface area contributed by atoms with Gasteiger partial charge in [0.1, 0.15) is 5.75 Å². The van der Waals surface area contributed by atoms with Crippen LogP contribution in [0, 0.1) is 18.3 Å². The predicted molar refractivity (Wildman–Crippen MR) is 120 cm³/mol. The number of hydrogen-bond donors (Lipinski definition) is 0. The molecule has 0 N–H and O–H groups in total. The summed E-state index contributed by atoms with van der Waals surface area (Å²) >= 11 is 0. The Balaban J connectivity index is 2.17. The first-order valence-corrected chi connectivity index (χ1v) is 12.4. The highest BCUT2D eigenvalue weighted by molar-refractivity contribution is 7.42. The van der Waals surface area contributed by atoms with Gasteiger partial charge in [0, 0.05) is 5.41 Å². The smallest absolute Gasteiger partial charge is 0.397 e. The highest BCUT2D eigenvalue weighted by atomic mass is 31.2. The Hall–Kier alpha value is -0.630. The van der Waals surface area contributed by atoms with Crippen molar-refractivity contribution >= 4 is 8.60 Å². The Morgan fingerprint density at radius 1 is 1.00 bits per heavy atom. The summed E-state index contributed by atoms with van der Waals surface area (Å²) < 4.78 is 18.8. The summed E-state index contributed by atoms with van der Waals surface area (Å²) in [7, 11) is -1.31. The van der Waals surface area contributed by atoms with Crippen LogP contribution in [0.2, 0.25) is 0 Å². The normalized spacial score (nSPS) is 23.6. The van der Waals surface area contributed by atoms with E-state index in [-0.39, 0.29) is 5.41 Å². The monoisotopic (exact) mass is 408 g/mol. The summed E-state index contributed by atoms with van der Waals surface area (Å²) in [5.74, 6) is 1.63. The van der Waals surface area contributed by atoms with Crippen LogP contribution in [0.25, 0.3) is 0 Å². The minimum Gasteiger partial charge on any atom is -0.426 e. The molecule has 28 heavy (non-hydrogen) atoms. The Bertz CT molecular complexity index is 565. The van der Waals surface area contributed by atoms with Crippen molar-refractivity contribution in [3.8, 4) is 5.75 Å². The lowest BCUT2D eigenvalue weighted by molar-refractivity contribution is -0.0222. The van der Waals surface area contributed by atoms with Gasteiger partial charge in [0.2, 0.25) is 0 Å². The van der Waals surface area contributed by atoms with E-state index >= 15 is 0 Å². The molecule has 0 spiro atoms. The molecule has 1 heterocycles. The standard InChI is InChI=1S/C24H41O3P/c1-7-11-13-21-15-19(5)16-22(14-12-8-2)23(21)27-28-25-17-24(10-4,18-26-28)20(6)9-3/h15-16,20H,7-14,17-18H2,1-6H3. The minimum atomic E-state index is -1.31. The van der Waals surface area contributed by atoms with E-state index in [9.17, 15) is 0 Å². The SMILES string of the molecule is CCCCc1cc(C)cc(CCCC)c1OP1OCC(CC)(C(C)CC)CO1. The summed E-state index contributed by atoms with van der Waals surface area (Å²) in [5.41, 5.74) is 4.08. The summed E-state index contributed by atoms with van der Waals surface area (Å²) in [5, 5.41) is 0. The van der Waals surface area contributed by atoms with Gasteiger partial charge in [0.05, 0.1) is 13.2 Å². The molecular formula is C24H41O3P. The molecule has 1 atom stereocenters. The summed E-state index contributed by atoms with van der Waals surface area (Å²) in [6, 6.07) is 4.57. The summed E-state index contributed by atoms with van der Waals surface area (Å²) in [6.45, 7) is 15.0. The van der Waals surface area contributed by atoms with Crippen molar-refractivity contribution in [3.05, 3.63) is 28.8 Å². The molecule has 1 aliphatic heterocycles. The van der Waals surface area contributed by atoms with Crippen molar-refractivity contribution in [2.75, 3.05) is 13.2 Å². The third-order valence-electron chi connectivity index (χ3n) is 6.43. The van der Waals surface area contributed by atoms with E-state index in [1.54, 1.807) is 0 Å². The van der Waals surface area contributed by atoms with E-state index in [0.29, 0.717) is 5.92 Å². The second-order valence-electron chi connectivity index (χ2n) is 8.51. The first-order valence-electron chi connectivity index (χ1n) is 11.4. The van der Waals surface area contributed by atoms with Crippen LogP contribution in [0.5, 0.6) is 5.75 Å². The lowest BCUT2D eigenvalue weighted by Crippen LogP contribution is -2.40. The molecule has 0 aliphatic carbocycles. The van der Waals surface area contributed by atoms with Gasteiger partial charge < -0.3 is 13.6 Å². The maximum Gasteiger partial charge on any atom is 0.397 e. The fourth-order valence-electron chi connectivity index (χ4n) is 3.99. The van der Waals surface area contributed by atoms with Crippen LogP contribution in [0.3, 0.4) is 0 Å². The molecule has 1 aromatic rings. The van der Waals surface area contributed by atoms with Gasteiger partial charge in [-0.15, -0.1) is 0 Å². The average Bonchev–Trinajstić information content (AvgIpc) is 2.72. The molecule has 0 saturated carbocycles. The van der Waals surface area contributed by atoms with E-state index in [1.165, 1.54) is 42.4 Å². The fourth-order valence-corrected chi connectivity index (χ4v) is 5.28. The number of unbranched alkanes of at least 4 members (excludes halogenated alkanes) is 2. The molecule has 0 aromatic heterocycles. The molecule has 2 rings (SSSR count). The molecule has 0 radical (unpaired) electrons. The molecular weight excluding hydrogens is 367 g/mol. The highest BCUT2D eigenvalue weighted by Gasteiger charge is 2.41. The van der Waals surface area contributed by atoms with Gasteiger partial charge in [-0.1, -0.05) is 71.6 Å². The number of aryl methyl sites for hydroxylation is 3. The van der Waals surface area contributed by atoms with E-state index in [1.807, 2.05) is 0 Å². The lowest BCUT2D eigenvalue weighted by Gasteiger charge is -2.42. The second-order valence-corrected chi connectivity index (χ2v) is 9.65. The first-order chi connectivity index (χ1) is 13.5. The van der Waals surface area contributed by atoms with Crippen LogP contribution in [0.4, 0.5) is 0 Å². The van der Waals surface area contributed by atoms with Crippen molar-refractivity contribution in [1.82, 2.24) is 0 Å². The quantitative estimate of drug-likeness (QED) is 0.350. The minimum absolute atomic E-state index is 0.125. The van der Waals surface area contributed by atoms with Gasteiger partial charge in [-0.05, 0) is 56.1 Å². The number of hydrogen-bond acceptors (Lipinski definition) is 3. The van der Waals surface area contributed by atoms with Gasteiger partial charge >= 0.3 is 8.60 Å².